The third kappa shape index (κ3) is 4.43. The molecule has 0 aliphatic carbocycles. The zero-order chi connectivity index (χ0) is 19.6. The third-order valence-corrected chi connectivity index (χ3v) is 4.54. The van der Waals surface area contributed by atoms with E-state index < -0.39 is 23.3 Å². The summed E-state index contributed by atoms with van der Waals surface area (Å²) in [5.74, 6) is -4.13. The SMILES string of the molecule is CC(F)(F)c1ccc(C(=O)N=c2s[nH]c(=O)n2Cc2cccc(F)c2)cc1. The summed E-state index contributed by atoms with van der Waals surface area (Å²) in [5, 5.41) is 0. The van der Waals surface area contributed by atoms with Gasteiger partial charge in [0.25, 0.3) is 11.8 Å². The number of carbonyl (C=O) groups is 1. The van der Waals surface area contributed by atoms with E-state index in [2.05, 4.69) is 9.37 Å². The molecule has 27 heavy (non-hydrogen) atoms. The molecule has 0 fully saturated rings. The van der Waals surface area contributed by atoms with Crippen molar-refractivity contribution in [1.29, 1.82) is 0 Å². The molecule has 0 aliphatic rings. The highest BCUT2D eigenvalue weighted by Gasteiger charge is 2.24. The molecule has 140 valence electrons. The third-order valence-electron chi connectivity index (χ3n) is 3.77. The number of benzene rings is 2. The lowest BCUT2D eigenvalue weighted by Gasteiger charge is -2.10. The summed E-state index contributed by atoms with van der Waals surface area (Å²) in [7, 11) is 0. The van der Waals surface area contributed by atoms with Gasteiger partial charge >= 0.3 is 5.69 Å². The molecule has 0 unspecified atom stereocenters. The molecule has 1 heterocycles. The van der Waals surface area contributed by atoms with Crippen LogP contribution in [0.3, 0.4) is 0 Å². The number of aromatic amines is 1. The number of alkyl halides is 2. The van der Waals surface area contributed by atoms with Gasteiger partial charge in [0.05, 0.1) is 6.54 Å². The van der Waals surface area contributed by atoms with E-state index in [4.69, 9.17) is 0 Å². The molecule has 0 saturated heterocycles. The van der Waals surface area contributed by atoms with E-state index in [9.17, 15) is 22.8 Å². The molecule has 0 spiro atoms. The number of hydrogen-bond acceptors (Lipinski definition) is 3. The Balaban J connectivity index is 1.91. The second-order valence-electron chi connectivity index (χ2n) is 5.89. The molecule has 9 heteroatoms. The number of amides is 1. The van der Waals surface area contributed by atoms with Gasteiger partial charge in [0, 0.05) is 18.1 Å². The van der Waals surface area contributed by atoms with E-state index in [1.165, 1.54) is 34.9 Å². The molecule has 1 aromatic heterocycles. The Labute approximate surface area is 155 Å². The van der Waals surface area contributed by atoms with Gasteiger partial charge in [-0.15, -0.1) is 0 Å². The van der Waals surface area contributed by atoms with Crippen LogP contribution in [0, 0.1) is 5.82 Å². The molecule has 0 bridgehead atoms. The van der Waals surface area contributed by atoms with Gasteiger partial charge in [-0.1, -0.05) is 24.3 Å². The lowest BCUT2D eigenvalue weighted by Crippen LogP contribution is -2.28. The van der Waals surface area contributed by atoms with Crippen molar-refractivity contribution in [3.8, 4) is 0 Å². The first kappa shape index (κ1) is 18.8. The van der Waals surface area contributed by atoms with E-state index in [1.807, 2.05) is 0 Å². The molecule has 3 rings (SSSR count). The van der Waals surface area contributed by atoms with Crippen molar-refractivity contribution in [3.63, 3.8) is 0 Å². The molecular weight excluding hydrogens is 379 g/mol. The fourth-order valence-corrected chi connectivity index (χ4v) is 3.06. The van der Waals surface area contributed by atoms with Crippen molar-refractivity contribution in [2.24, 2.45) is 4.99 Å². The van der Waals surface area contributed by atoms with Gasteiger partial charge < -0.3 is 0 Å². The summed E-state index contributed by atoms with van der Waals surface area (Å²) in [6.07, 6.45) is 0. The van der Waals surface area contributed by atoms with Crippen molar-refractivity contribution >= 4 is 17.4 Å². The minimum absolute atomic E-state index is 0.0315. The first-order valence-corrected chi connectivity index (χ1v) is 8.66. The quantitative estimate of drug-likeness (QED) is 0.739. The van der Waals surface area contributed by atoms with Gasteiger partial charge in [-0.25, -0.2) is 18.0 Å². The van der Waals surface area contributed by atoms with Crippen molar-refractivity contribution in [3.05, 3.63) is 86.3 Å². The lowest BCUT2D eigenvalue weighted by molar-refractivity contribution is 0.0174. The maximum Gasteiger partial charge on any atom is 0.337 e. The van der Waals surface area contributed by atoms with Gasteiger partial charge in [0.1, 0.15) is 5.82 Å². The summed E-state index contributed by atoms with van der Waals surface area (Å²) in [6, 6.07) is 10.5. The number of rotatable bonds is 4. The van der Waals surface area contributed by atoms with E-state index >= 15 is 0 Å². The number of hydrogen-bond donors (Lipinski definition) is 1. The fourth-order valence-electron chi connectivity index (χ4n) is 2.38. The van der Waals surface area contributed by atoms with Gasteiger partial charge in [0.2, 0.25) is 4.80 Å². The Morgan fingerprint density at radius 3 is 2.56 bits per heavy atom. The molecular formula is C18H14F3N3O2S. The molecule has 2 aromatic carbocycles. The van der Waals surface area contributed by atoms with Crippen molar-refractivity contribution in [2.75, 3.05) is 0 Å². The Morgan fingerprint density at radius 2 is 1.93 bits per heavy atom. The molecule has 1 amide bonds. The first-order valence-electron chi connectivity index (χ1n) is 7.84. The zero-order valence-corrected chi connectivity index (χ0v) is 14.9. The number of carbonyl (C=O) groups excluding carboxylic acids is 1. The lowest BCUT2D eigenvalue weighted by atomic mass is 10.1. The Bertz CT molecular complexity index is 1090. The van der Waals surface area contributed by atoms with Crippen LogP contribution in [0.1, 0.15) is 28.4 Å². The van der Waals surface area contributed by atoms with Crippen LogP contribution >= 0.6 is 11.5 Å². The van der Waals surface area contributed by atoms with Crippen LogP contribution in [-0.2, 0) is 12.5 Å². The minimum atomic E-state index is -3.01. The summed E-state index contributed by atoms with van der Waals surface area (Å²) in [5.41, 5.74) is -0.0632. The number of nitrogens with zero attached hydrogens (tertiary/aromatic N) is 2. The Kier molecular flexibility index (Phi) is 5.13. The second-order valence-corrected chi connectivity index (χ2v) is 6.66. The molecule has 5 nitrogen and oxygen atoms in total. The zero-order valence-electron chi connectivity index (χ0n) is 14.1. The molecule has 0 aliphatic heterocycles. The fraction of sp³-hybridized carbons (Fsp3) is 0.167. The number of H-pyrrole nitrogens is 1. The van der Waals surface area contributed by atoms with Crippen LogP contribution in [0.5, 0.6) is 0 Å². The standard InChI is InChI=1S/C18H14F3N3O2S/c1-18(20,21)13-7-5-12(6-8-13)15(25)22-17-24(16(26)23-27-17)10-11-3-2-4-14(19)9-11/h2-9H,10H2,1H3,(H,23,26). The minimum Gasteiger partial charge on any atom is -0.267 e. The van der Waals surface area contributed by atoms with Crippen LogP contribution < -0.4 is 10.5 Å². The molecule has 0 saturated carbocycles. The maximum absolute atomic E-state index is 13.3. The van der Waals surface area contributed by atoms with Crippen LogP contribution in [0.2, 0.25) is 0 Å². The number of halogens is 3. The smallest absolute Gasteiger partial charge is 0.267 e. The van der Waals surface area contributed by atoms with E-state index in [1.54, 1.807) is 6.07 Å². The number of nitrogens with one attached hydrogen (secondary N) is 1. The van der Waals surface area contributed by atoms with Crippen LogP contribution in [0.15, 0.2) is 58.3 Å². The van der Waals surface area contributed by atoms with Gasteiger partial charge in [0.15, 0.2) is 0 Å². The van der Waals surface area contributed by atoms with Gasteiger partial charge in [-0.2, -0.15) is 4.99 Å². The highest BCUT2D eigenvalue weighted by Crippen LogP contribution is 2.26. The van der Waals surface area contributed by atoms with Crippen molar-refractivity contribution < 1.29 is 18.0 Å². The molecule has 1 N–H and O–H groups in total. The Hall–Kier alpha value is -2.94. The predicted molar refractivity (Wildman–Crippen MR) is 94.3 cm³/mol. The van der Waals surface area contributed by atoms with E-state index in [-0.39, 0.29) is 22.5 Å². The Morgan fingerprint density at radius 1 is 1.22 bits per heavy atom. The highest BCUT2D eigenvalue weighted by molar-refractivity contribution is 7.02. The normalized spacial score (nSPS) is 12.4. The average molecular weight is 393 g/mol. The first-order chi connectivity index (χ1) is 12.7. The van der Waals surface area contributed by atoms with Crippen LogP contribution in [0.25, 0.3) is 0 Å². The highest BCUT2D eigenvalue weighted by atomic mass is 32.1. The second kappa shape index (κ2) is 7.36. The topological polar surface area (TPSA) is 67.2 Å². The predicted octanol–water partition coefficient (Wildman–Crippen LogP) is 3.28. The van der Waals surface area contributed by atoms with Gasteiger partial charge in [-0.05, 0) is 41.4 Å². The molecule has 0 atom stereocenters. The van der Waals surface area contributed by atoms with Gasteiger partial charge in [-0.3, -0.25) is 13.7 Å². The molecule has 0 radical (unpaired) electrons. The monoisotopic (exact) mass is 393 g/mol. The summed E-state index contributed by atoms with van der Waals surface area (Å²) in [4.78, 5) is 28.3. The van der Waals surface area contributed by atoms with Crippen LogP contribution in [0.4, 0.5) is 13.2 Å². The largest absolute Gasteiger partial charge is 0.337 e. The average Bonchev–Trinajstić information content (AvgIpc) is 2.94. The van der Waals surface area contributed by atoms with E-state index in [0.717, 1.165) is 30.6 Å². The van der Waals surface area contributed by atoms with Crippen molar-refractivity contribution in [2.45, 2.75) is 19.4 Å². The molecule has 3 aromatic rings. The summed E-state index contributed by atoms with van der Waals surface area (Å²) >= 11 is 0.854. The summed E-state index contributed by atoms with van der Waals surface area (Å²) in [6.45, 7) is 0.796. The summed E-state index contributed by atoms with van der Waals surface area (Å²) < 4.78 is 43.5. The van der Waals surface area contributed by atoms with Crippen LogP contribution in [-0.4, -0.2) is 14.8 Å². The maximum atomic E-state index is 13.3. The number of aromatic nitrogens is 2. The van der Waals surface area contributed by atoms with E-state index in [0.29, 0.717) is 5.56 Å². The van der Waals surface area contributed by atoms with Crippen molar-refractivity contribution in [1.82, 2.24) is 8.94 Å².